The highest BCUT2D eigenvalue weighted by Gasteiger charge is 2.30. The van der Waals surface area contributed by atoms with Crippen LogP contribution in [0.1, 0.15) is 56.8 Å². The molecule has 2 N–H and O–H groups in total. The molecule has 1 aliphatic heterocycles. The summed E-state index contributed by atoms with van der Waals surface area (Å²) in [5.41, 5.74) is 0.770. The topological polar surface area (TPSA) is 114 Å². The van der Waals surface area contributed by atoms with Crippen molar-refractivity contribution in [1.29, 1.82) is 0 Å². The second-order valence-corrected chi connectivity index (χ2v) is 8.79. The highest BCUT2D eigenvalue weighted by atomic mass is 32.2. The number of amides is 4. The van der Waals surface area contributed by atoms with Crippen LogP contribution >= 0.6 is 11.8 Å². The Bertz CT molecular complexity index is 811. The Hall–Kier alpha value is -2.43. The smallest absolute Gasteiger partial charge is 0.251 e. The van der Waals surface area contributed by atoms with Crippen LogP contribution in [0, 0.1) is 0 Å². The van der Waals surface area contributed by atoms with Crippen LogP contribution in [0.25, 0.3) is 0 Å². The van der Waals surface area contributed by atoms with E-state index in [2.05, 4.69) is 10.6 Å². The summed E-state index contributed by atoms with van der Waals surface area (Å²) >= 11 is 1.47. The number of hydrogen-bond acceptors (Lipinski definition) is 7. The number of unbranched alkanes of at least 4 members (excludes halogenated alkanes) is 1. The number of thioether (sulfide) groups is 1. The molecule has 1 saturated heterocycles. The van der Waals surface area contributed by atoms with Gasteiger partial charge in [-0.15, -0.1) is 0 Å². The molecule has 0 spiro atoms. The predicted molar refractivity (Wildman–Crippen MR) is 132 cm³/mol. The molecule has 1 aliphatic rings. The van der Waals surface area contributed by atoms with Gasteiger partial charge in [-0.3, -0.25) is 24.1 Å². The van der Waals surface area contributed by atoms with Gasteiger partial charge in [0.2, 0.25) is 17.7 Å². The predicted octanol–water partition coefficient (Wildman–Crippen LogP) is 2.49. The van der Waals surface area contributed by atoms with E-state index < -0.39 is 11.9 Å². The van der Waals surface area contributed by atoms with Crippen LogP contribution in [0.3, 0.4) is 0 Å². The minimum Gasteiger partial charge on any atom is -0.354 e. The van der Waals surface area contributed by atoms with Crippen LogP contribution in [0.15, 0.2) is 24.3 Å². The van der Waals surface area contributed by atoms with Crippen molar-refractivity contribution in [2.24, 2.45) is 0 Å². The highest BCUT2D eigenvalue weighted by molar-refractivity contribution is 7.99. The third-order valence-electron chi connectivity index (χ3n) is 5.13. The number of imide groups is 1. The second kappa shape index (κ2) is 14.7. The van der Waals surface area contributed by atoms with Crippen molar-refractivity contribution >= 4 is 41.1 Å². The Balaban J connectivity index is 2.02. The maximum atomic E-state index is 12.9. The standard InChI is InChI=1S/C24H35N3O6S/c1-4-7-14-25-24(31)19(15-34-16-22(32-5-2)33-6-3)26-23(30)17-8-10-18(11-9-17)27-20(28)12-13-21(27)29/h8-11,19,22H,4-7,12-16H2,1-3H3,(H,25,31)(H,26,30). The monoisotopic (exact) mass is 493 g/mol. The fraction of sp³-hybridized carbons (Fsp3) is 0.583. The lowest BCUT2D eigenvalue weighted by atomic mass is 10.1. The normalized spacial score (nSPS) is 14.5. The lowest BCUT2D eigenvalue weighted by Crippen LogP contribution is -2.48. The van der Waals surface area contributed by atoms with E-state index >= 15 is 0 Å². The van der Waals surface area contributed by atoms with E-state index in [0.29, 0.717) is 42.5 Å². The number of nitrogens with one attached hydrogen (secondary N) is 2. The highest BCUT2D eigenvalue weighted by Crippen LogP contribution is 2.22. The number of rotatable bonds is 15. The average molecular weight is 494 g/mol. The van der Waals surface area contributed by atoms with Gasteiger partial charge in [0.15, 0.2) is 6.29 Å². The molecule has 1 fully saturated rings. The van der Waals surface area contributed by atoms with E-state index in [1.54, 1.807) is 24.3 Å². The van der Waals surface area contributed by atoms with Crippen LogP contribution in [0.2, 0.25) is 0 Å². The Kier molecular flexibility index (Phi) is 12.1. The van der Waals surface area contributed by atoms with Gasteiger partial charge in [-0.05, 0) is 44.5 Å². The van der Waals surface area contributed by atoms with Crippen LogP contribution in [0.5, 0.6) is 0 Å². The van der Waals surface area contributed by atoms with Gasteiger partial charge in [0.25, 0.3) is 5.91 Å². The van der Waals surface area contributed by atoms with E-state index in [1.807, 2.05) is 20.8 Å². The Morgan fingerprint density at radius 2 is 1.62 bits per heavy atom. The van der Waals surface area contributed by atoms with E-state index in [4.69, 9.17) is 9.47 Å². The number of nitrogens with zero attached hydrogens (tertiary/aromatic N) is 1. The largest absolute Gasteiger partial charge is 0.354 e. The first-order valence-electron chi connectivity index (χ1n) is 11.8. The molecule has 1 heterocycles. The molecule has 9 nitrogen and oxygen atoms in total. The summed E-state index contributed by atoms with van der Waals surface area (Å²) in [4.78, 5) is 50.6. The third-order valence-corrected chi connectivity index (χ3v) is 6.21. The van der Waals surface area contributed by atoms with Crippen LogP contribution < -0.4 is 15.5 Å². The van der Waals surface area contributed by atoms with E-state index in [1.165, 1.54) is 11.8 Å². The zero-order chi connectivity index (χ0) is 24.9. The van der Waals surface area contributed by atoms with E-state index in [0.717, 1.165) is 17.7 Å². The van der Waals surface area contributed by atoms with Gasteiger partial charge in [-0.2, -0.15) is 11.8 Å². The number of hydrogen-bond donors (Lipinski definition) is 2. The van der Waals surface area contributed by atoms with Gasteiger partial charge >= 0.3 is 0 Å². The molecule has 0 saturated carbocycles. The van der Waals surface area contributed by atoms with Gasteiger partial charge in [-0.25, -0.2) is 0 Å². The zero-order valence-electron chi connectivity index (χ0n) is 20.1. The summed E-state index contributed by atoms with van der Waals surface area (Å²) in [5, 5.41) is 5.68. The molecule has 1 unspecified atom stereocenters. The minimum atomic E-state index is -0.736. The van der Waals surface area contributed by atoms with Gasteiger partial charge in [0.1, 0.15) is 6.04 Å². The number of carbonyl (C=O) groups is 4. The minimum absolute atomic E-state index is 0.195. The Morgan fingerprint density at radius 1 is 1.00 bits per heavy atom. The summed E-state index contributed by atoms with van der Waals surface area (Å²) in [6, 6.07) is 5.48. The maximum Gasteiger partial charge on any atom is 0.251 e. The fourth-order valence-corrected chi connectivity index (χ4v) is 4.35. The third kappa shape index (κ3) is 8.41. The second-order valence-electron chi connectivity index (χ2n) is 7.72. The number of anilines is 1. The fourth-order valence-electron chi connectivity index (χ4n) is 3.36. The van der Waals surface area contributed by atoms with E-state index in [-0.39, 0.29) is 36.9 Å². The average Bonchev–Trinajstić information content (AvgIpc) is 3.16. The molecule has 2 rings (SSSR count). The maximum absolute atomic E-state index is 12.9. The van der Waals surface area contributed by atoms with Crippen LogP contribution in [0.4, 0.5) is 5.69 Å². The molecule has 34 heavy (non-hydrogen) atoms. The summed E-state index contributed by atoms with van der Waals surface area (Å²) in [7, 11) is 0. The number of ether oxygens (including phenoxy) is 2. The first-order chi connectivity index (χ1) is 16.4. The van der Waals surface area contributed by atoms with Crippen molar-refractivity contribution in [3.8, 4) is 0 Å². The van der Waals surface area contributed by atoms with Crippen molar-refractivity contribution in [2.75, 3.05) is 36.2 Å². The SMILES string of the molecule is CCCCNC(=O)C(CSCC(OCC)OCC)NC(=O)c1ccc(N2C(=O)CCC2=O)cc1. The van der Waals surface area contributed by atoms with Crippen LogP contribution in [-0.4, -0.2) is 67.2 Å². The van der Waals surface area contributed by atoms with Gasteiger partial charge < -0.3 is 20.1 Å². The molecule has 0 aliphatic carbocycles. The Labute approximate surface area is 205 Å². The molecule has 1 atom stereocenters. The van der Waals surface area contributed by atoms with Gasteiger partial charge in [-0.1, -0.05) is 13.3 Å². The molecular formula is C24H35N3O6S. The lowest BCUT2D eigenvalue weighted by Gasteiger charge is -2.21. The van der Waals surface area contributed by atoms with Crippen LogP contribution in [-0.2, 0) is 23.9 Å². The first-order valence-corrected chi connectivity index (χ1v) is 12.9. The summed E-state index contributed by atoms with van der Waals surface area (Å²) in [5.74, 6) is -0.268. The molecule has 0 radical (unpaired) electrons. The molecule has 1 aromatic rings. The summed E-state index contributed by atoms with van der Waals surface area (Å²) in [6.45, 7) is 7.40. The molecule has 0 aromatic heterocycles. The van der Waals surface area contributed by atoms with Crippen molar-refractivity contribution in [3.05, 3.63) is 29.8 Å². The van der Waals surface area contributed by atoms with Crippen molar-refractivity contribution in [2.45, 2.75) is 58.8 Å². The first kappa shape index (κ1) is 27.8. The van der Waals surface area contributed by atoms with Crippen molar-refractivity contribution < 1.29 is 28.7 Å². The molecule has 188 valence electrons. The molecular weight excluding hydrogens is 458 g/mol. The quantitative estimate of drug-likeness (QED) is 0.219. The number of benzene rings is 1. The molecule has 0 bridgehead atoms. The molecule has 10 heteroatoms. The van der Waals surface area contributed by atoms with Crippen molar-refractivity contribution in [3.63, 3.8) is 0 Å². The lowest BCUT2D eigenvalue weighted by molar-refractivity contribution is -0.123. The van der Waals surface area contributed by atoms with Gasteiger partial charge in [0, 0.05) is 49.7 Å². The molecule has 1 aromatic carbocycles. The molecule has 4 amide bonds. The van der Waals surface area contributed by atoms with Gasteiger partial charge in [0.05, 0.1) is 5.69 Å². The van der Waals surface area contributed by atoms with Crippen molar-refractivity contribution in [1.82, 2.24) is 10.6 Å². The number of carbonyl (C=O) groups excluding carboxylic acids is 4. The Morgan fingerprint density at radius 3 is 2.18 bits per heavy atom. The summed E-state index contributed by atoms with van der Waals surface area (Å²) < 4.78 is 11.1. The summed E-state index contributed by atoms with van der Waals surface area (Å²) in [6.07, 6.45) is 1.82. The van der Waals surface area contributed by atoms with E-state index in [9.17, 15) is 19.2 Å². The zero-order valence-corrected chi connectivity index (χ0v) is 20.9.